The Morgan fingerprint density at radius 2 is 2.21 bits per heavy atom. The van der Waals surface area contributed by atoms with E-state index < -0.39 is 0 Å². The number of aliphatic hydroxyl groups excluding tert-OH is 1. The summed E-state index contributed by atoms with van der Waals surface area (Å²) in [5.74, 6) is 1.59. The molecule has 1 aromatic rings. The minimum absolute atomic E-state index is 0.248. The number of hydrogen-bond donors (Lipinski definition) is 1. The van der Waals surface area contributed by atoms with Crippen LogP contribution < -0.4 is 0 Å². The van der Waals surface area contributed by atoms with E-state index in [1.807, 2.05) is 4.68 Å². The summed E-state index contributed by atoms with van der Waals surface area (Å²) in [5.41, 5.74) is 0. The second kappa shape index (κ2) is 7.01. The molecule has 2 heterocycles. The van der Waals surface area contributed by atoms with Crippen molar-refractivity contribution in [3.8, 4) is 0 Å². The molecule has 5 nitrogen and oxygen atoms in total. The third-order valence-electron chi connectivity index (χ3n) is 3.79. The topological polar surface area (TPSA) is 54.2 Å². The molecular weight excluding hydrogens is 240 g/mol. The Balaban J connectivity index is 2.03. The summed E-state index contributed by atoms with van der Waals surface area (Å²) >= 11 is 0. The Hall–Kier alpha value is -0.940. The fraction of sp³-hybridized carbons (Fsp3) is 0.857. The second-order valence-corrected chi connectivity index (χ2v) is 5.91. The maximum absolute atomic E-state index is 9.55. The SMILES string of the molecule is CC(C)Cn1ncnc1CN1CCCCCC1CO. The first-order chi connectivity index (χ1) is 9.20. The largest absolute Gasteiger partial charge is 0.395 e. The Bertz CT molecular complexity index is 377. The van der Waals surface area contributed by atoms with Gasteiger partial charge in [0, 0.05) is 12.6 Å². The summed E-state index contributed by atoms with van der Waals surface area (Å²) in [7, 11) is 0. The average Bonchev–Trinajstić information content (AvgIpc) is 2.67. The number of likely N-dealkylation sites (tertiary alicyclic amines) is 1. The van der Waals surface area contributed by atoms with Crippen molar-refractivity contribution >= 4 is 0 Å². The lowest BCUT2D eigenvalue weighted by atomic mass is 10.1. The molecule has 1 atom stereocenters. The molecule has 5 heteroatoms. The van der Waals surface area contributed by atoms with Crippen LogP contribution in [-0.2, 0) is 13.1 Å². The molecule has 1 fully saturated rings. The monoisotopic (exact) mass is 266 g/mol. The van der Waals surface area contributed by atoms with Crippen molar-refractivity contribution in [3.05, 3.63) is 12.2 Å². The van der Waals surface area contributed by atoms with Crippen molar-refractivity contribution in [1.29, 1.82) is 0 Å². The summed E-state index contributed by atoms with van der Waals surface area (Å²) < 4.78 is 2.00. The molecule has 1 aliphatic rings. The zero-order chi connectivity index (χ0) is 13.7. The molecule has 1 unspecified atom stereocenters. The van der Waals surface area contributed by atoms with Crippen LogP contribution in [0.1, 0.15) is 45.4 Å². The summed E-state index contributed by atoms with van der Waals surface area (Å²) in [6.45, 7) is 7.39. The van der Waals surface area contributed by atoms with E-state index in [1.54, 1.807) is 6.33 Å². The van der Waals surface area contributed by atoms with Crippen LogP contribution in [-0.4, -0.2) is 44.0 Å². The molecule has 0 amide bonds. The van der Waals surface area contributed by atoms with Crippen LogP contribution in [0, 0.1) is 5.92 Å². The smallest absolute Gasteiger partial charge is 0.141 e. The highest BCUT2D eigenvalue weighted by atomic mass is 16.3. The summed E-state index contributed by atoms with van der Waals surface area (Å²) in [6, 6.07) is 0.284. The van der Waals surface area contributed by atoms with Gasteiger partial charge in [0.15, 0.2) is 0 Å². The first-order valence-corrected chi connectivity index (χ1v) is 7.42. The van der Waals surface area contributed by atoms with Gasteiger partial charge < -0.3 is 5.11 Å². The van der Waals surface area contributed by atoms with Crippen molar-refractivity contribution in [2.75, 3.05) is 13.2 Å². The quantitative estimate of drug-likeness (QED) is 0.881. The molecule has 1 saturated heterocycles. The average molecular weight is 266 g/mol. The van der Waals surface area contributed by atoms with Crippen molar-refractivity contribution < 1.29 is 5.11 Å². The molecule has 2 rings (SSSR count). The van der Waals surface area contributed by atoms with E-state index in [2.05, 4.69) is 28.8 Å². The minimum Gasteiger partial charge on any atom is -0.395 e. The predicted molar refractivity (Wildman–Crippen MR) is 74.6 cm³/mol. The predicted octanol–water partition coefficient (Wildman–Crippen LogP) is 1.67. The maximum Gasteiger partial charge on any atom is 0.141 e. The van der Waals surface area contributed by atoms with Gasteiger partial charge >= 0.3 is 0 Å². The Labute approximate surface area is 115 Å². The van der Waals surface area contributed by atoms with Crippen molar-refractivity contribution in [1.82, 2.24) is 19.7 Å². The van der Waals surface area contributed by atoms with Gasteiger partial charge in [0.1, 0.15) is 12.2 Å². The number of nitrogens with zero attached hydrogens (tertiary/aromatic N) is 4. The highest BCUT2D eigenvalue weighted by Gasteiger charge is 2.22. The fourth-order valence-corrected chi connectivity index (χ4v) is 2.74. The van der Waals surface area contributed by atoms with E-state index >= 15 is 0 Å². The zero-order valence-electron chi connectivity index (χ0n) is 12.1. The second-order valence-electron chi connectivity index (χ2n) is 5.91. The van der Waals surface area contributed by atoms with Gasteiger partial charge in [0.25, 0.3) is 0 Å². The number of hydrogen-bond acceptors (Lipinski definition) is 4. The number of rotatable bonds is 5. The van der Waals surface area contributed by atoms with E-state index in [0.29, 0.717) is 5.92 Å². The molecule has 0 spiro atoms. The van der Waals surface area contributed by atoms with E-state index in [0.717, 1.165) is 31.9 Å². The van der Waals surface area contributed by atoms with E-state index in [1.165, 1.54) is 19.3 Å². The van der Waals surface area contributed by atoms with Gasteiger partial charge in [-0.05, 0) is 25.3 Å². The third kappa shape index (κ3) is 4.01. The normalized spacial score (nSPS) is 21.8. The molecule has 108 valence electrons. The van der Waals surface area contributed by atoms with Crippen LogP contribution in [0.4, 0.5) is 0 Å². The van der Waals surface area contributed by atoms with Gasteiger partial charge in [-0.2, -0.15) is 5.10 Å². The maximum atomic E-state index is 9.55. The van der Waals surface area contributed by atoms with E-state index in [9.17, 15) is 5.11 Å². The summed E-state index contributed by atoms with van der Waals surface area (Å²) in [4.78, 5) is 6.76. The van der Waals surface area contributed by atoms with Crippen LogP contribution >= 0.6 is 0 Å². The molecule has 1 N–H and O–H groups in total. The fourth-order valence-electron chi connectivity index (χ4n) is 2.74. The first kappa shape index (κ1) is 14.5. The first-order valence-electron chi connectivity index (χ1n) is 7.42. The van der Waals surface area contributed by atoms with Gasteiger partial charge in [-0.15, -0.1) is 0 Å². The highest BCUT2D eigenvalue weighted by molar-refractivity contribution is 4.88. The summed E-state index contributed by atoms with van der Waals surface area (Å²) in [6.07, 6.45) is 6.44. The van der Waals surface area contributed by atoms with Crippen molar-refractivity contribution in [2.45, 2.75) is 58.7 Å². The molecular formula is C14H26N4O. The van der Waals surface area contributed by atoms with Gasteiger partial charge in [0.05, 0.1) is 13.2 Å². The lowest BCUT2D eigenvalue weighted by Gasteiger charge is -2.28. The minimum atomic E-state index is 0.248. The molecule has 1 aromatic heterocycles. The van der Waals surface area contributed by atoms with Crippen molar-refractivity contribution in [3.63, 3.8) is 0 Å². The van der Waals surface area contributed by atoms with Crippen LogP contribution in [0.2, 0.25) is 0 Å². The van der Waals surface area contributed by atoms with Gasteiger partial charge in [0.2, 0.25) is 0 Å². The molecule has 0 bridgehead atoms. The van der Waals surface area contributed by atoms with Gasteiger partial charge in [-0.25, -0.2) is 9.67 Å². The van der Waals surface area contributed by atoms with Gasteiger partial charge in [-0.3, -0.25) is 4.90 Å². The molecule has 0 aliphatic carbocycles. The summed E-state index contributed by atoms with van der Waals surface area (Å²) in [5, 5.41) is 13.9. The Kier molecular flexibility index (Phi) is 5.34. The van der Waals surface area contributed by atoms with Crippen LogP contribution in [0.3, 0.4) is 0 Å². The van der Waals surface area contributed by atoms with Crippen LogP contribution in [0.15, 0.2) is 6.33 Å². The number of aromatic nitrogens is 3. The molecule has 0 aromatic carbocycles. The Morgan fingerprint density at radius 3 is 2.95 bits per heavy atom. The van der Waals surface area contributed by atoms with Crippen LogP contribution in [0.25, 0.3) is 0 Å². The van der Waals surface area contributed by atoms with E-state index in [-0.39, 0.29) is 12.6 Å². The molecule has 19 heavy (non-hydrogen) atoms. The van der Waals surface area contributed by atoms with Crippen LogP contribution in [0.5, 0.6) is 0 Å². The lowest BCUT2D eigenvalue weighted by Crippen LogP contribution is -2.37. The lowest BCUT2D eigenvalue weighted by molar-refractivity contribution is 0.114. The standard InChI is InChI=1S/C14H26N4O/c1-12(2)8-18-14(15-11-16-18)9-17-7-5-3-4-6-13(17)10-19/h11-13,19H,3-10H2,1-2H3. The Morgan fingerprint density at radius 1 is 1.37 bits per heavy atom. The molecule has 0 saturated carbocycles. The third-order valence-corrected chi connectivity index (χ3v) is 3.79. The molecule has 1 aliphatic heterocycles. The van der Waals surface area contributed by atoms with Gasteiger partial charge in [-0.1, -0.05) is 26.7 Å². The molecule has 0 radical (unpaired) electrons. The highest BCUT2D eigenvalue weighted by Crippen LogP contribution is 2.18. The van der Waals surface area contributed by atoms with E-state index in [4.69, 9.17) is 0 Å². The number of aliphatic hydroxyl groups is 1. The zero-order valence-corrected chi connectivity index (χ0v) is 12.1. The van der Waals surface area contributed by atoms with Crippen molar-refractivity contribution in [2.24, 2.45) is 5.92 Å².